The lowest BCUT2D eigenvalue weighted by molar-refractivity contribution is 0.304. The average molecular weight is 347 g/mol. The minimum atomic E-state index is 0.294. The zero-order chi connectivity index (χ0) is 14.0. The van der Waals surface area contributed by atoms with Crippen molar-refractivity contribution in [3.05, 3.63) is 27.2 Å². The fourth-order valence-electron chi connectivity index (χ4n) is 3.30. The Balaban J connectivity index is 2.42. The van der Waals surface area contributed by atoms with Crippen LogP contribution in [-0.2, 0) is 0 Å². The van der Waals surface area contributed by atoms with E-state index >= 15 is 0 Å². The molecule has 0 saturated heterocycles. The van der Waals surface area contributed by atoms with Crippen molar-refractivity contribution in [2.24, 2.45) is 11.8 Å². The van der Waals surface area contributed by atoms with Crippen LogP contribution < -0.4 is 10.1 Å². The molecule has 0 radical (unpaired) electrons. The van der Waals surface area contributed by atoms with Gasteiger partial charge in [0.2, 0.25) is 0 Å². The van der Waals surface area contributed by atoms with Crippen molar-refractivity contribution < 1.29 is 4.74 Å². The van der Waals surface area contributed by atoms with Crippen LogP contribution in [0.4, 0.5) is 0 Å². The van der Waals surface area contributed by atoms with Gasteiger partial charge in [-0.1, -0.05) is 31.4 Å². The van der Waals surface area contributed by atoms with E-state index in [9.17, 15) is 0 Å². The number of hydrogen-bond donors (Lipinski definition) is 1. The molecule has 4 heteroatoms. The lowest BCUT2D eigenvalue weighted by atomic mass is 9.85. The van der Waals surface area contributed by atoms with Crippen molar-refractivity contribution in [3.8, 4) is 5.75 Å². The monoisotopic (exact) mass is 345 g/mol. The van der Waals surface area contributed by atoms with E-state index in [1.165, 1.54) is 19.3 Å². The van der Waals surface area contributed by atoms with Crippen molar-refractivity contribution in [2.45, 2.75) is 32.2 Å². The van der Waals surface area contributed by atoms with E-state index in [2.05, 4.69) is 28.2 Å². The molecule has 106 valence electrons. The van der Waals surface area contributed by atoms with Crippen LogP contribution in [0.25, 0.3) is 0 Å². The summed E-state index contributed by atoms with van der Waals surface area (Å²) in [4.78, 5) is 0. The number of hydrogen-bond acceptors (Lipinski definition) is 2. The van der Waals surface area contributed by atoms with E-state index in [0.29, 0.717) is 12.0 Å². The van der Waals surface area contributed by atoms with Crippen LogP contribution in [0.5, 0.6) is 5.75 Å². The fraction of sp³-hybridized carbons (Fsp3) is 0.600. The molecule has 2 nitrogen and oxygen atoms in total. The Morgan fingerprint density at radius 2 is 2.16 bits per heavy atom. The predicted octanol–water partition coefficient (Wildman–Crippen LogP) is 4.81. The van der Waals surface area contributed by atoms with Gasteiger partial charge in [-0.3, -0.25) is 0 Å². The van der Waals surface area contributed by atoms with Gasteiger partial charge in [-0.2, -0.15) is 0 Å². The summed E-state index contributed by atoms with van der Waals surface area (Å²) in [6.07, 6.45) is 3.89. The highest BCUT2D eigenvalue weighted by Crippen LogP contribution is 2.44. The van der Waals surface area contributed by atoms with Gasteiger partial charge in [-0.05, 0) is 53.4 Å². The van der Waals surface area contributed by atoms with Crippen molar-refractivity contribution >= 4 is 27.5 Å². The lowest BCUT2D eigenvalue weighted by Crippen LogP contribution is -2.27. The quantitative estimate of drug-likeness (QED) is 0.845. The Labute approximate surface area is 129 Å². The molecule has 1 N–H and O–H groups in total. The first-order valence-corrected chi connectivity index (χ1v) is 7.95. The van der Waals surface area contributed by atoms with Crippen molar-refractivity contribution in [1.29, 1.82) is 0 Å². The summed E-state index contributed by atoms with van der Waals surface area (Å²) in [6.45, 7) is 2.34. The number of ether oxygens (including phenoxy) is 1. The number of methoxy groups -OCH3 is 1. The Hall–Kier alpha value is -0.250. The van der Waals surface area contributed by atoms with Gasteiger partial charge in [0.05, 0.1) is 11.6 Å². The molecule has 1 aliphatic carbocycles. The van der Waals surface area contributed by atoms with Crippen molar-refractivity contribution in [1.82, 2.24) is 5.32 Å². The third kappa shape index (κ3) is 3.09. The van der Waals surface area contributed by atoms with E-state index in [0.717, 1.165) is 26.7 Å². The third-order valence-corrected chi connectivity index (χ3v) is 5.05. The van der Waals surface area contributed by atoms with Crippen LogP contribution in [0.15, 0.2) is 16.6 Å². The second-order valence-electron chi connectivity index (χ2n) is 5.35. The normalized spacial score (nSPS) is 24.5. The topological polar surface area (TPSA) is 21.3 Å². The van der Waals surface area contributed by atoms with Gasteiger partial charge < -0.3 is 10.1 Å². The van der Waals surface area contributed by atoms with Gasteiger partial charge in [-0.15, -0.1) is 0 Å². The van der Waals surface area contributed by atoms with E-state index in [-0.39, 0.29) is 0 Å². The largest absolute Gasteiger partial charge is 0.495 e. The molecule has 0 aromatic heterocycles. The molecule has 1 fully saturated rings. The van der Waals surface area contributed by atoms with Gasteiger partial charge in [0.15, 0.2) is 0 Å². The zero-order valence-electron chi connectivity index (χ0n) is 11.7. The maximum Gasteiger partial charge on any atom is 0.137 e. The average Bonchev–Trinajstić information content (AvgIpc) is 2.76. The molecule has 19 heavy (non-hydrogen) atoms. The lowest BCUT2D eigenvalue weighted by Gasteiger charge is -2.29. The zero-order valence-corrected chi connectivity index (χ0v) is 14.0. The highest BCUT2D eigenvalue weighted by atomic mass is 79.9. The summed E-state index contributed by atoms with van der Waals surface area (Å²) in [5.41, 5.74) is 1.16. The minimum absolute atomic E-state index is 0.294. The number of halogens is 2. The van der Waals surface area contributed by atoms with Crippen LogP contribution in [0, 0.1) is 11.8 Å². The summed E-state index contributed by atoms with van der Waals surface area (Å²) >= 11 is 9.75. The smallest absolute Gasteiger partial charge is 0.137 e. The summed E-state index contributed by atoms with van der Waals surface area (Å²) in [5.74, 6) is 2.27. The Bertz CT molecular complexity index is 452. The molecule has 2 rings (SSSR count). The number of nitrogens with one attached hydrogen (secondary N) is 1. The minimum Gasteiger partial charge on any atom is -0.495 e. The fourth-order valence-corrected chi connectivity index (χ4v) is 4.29. The highest BCUT2D eigenvalue weighted by Gasteiger charge is 2.33. The molecule has 0 bridgehead atoms. The second kappa shape index (κ2) is 6.47. The van der Waals surface area contributed by atoms with E-state index in [4.69, 9.17) is 16.3 Å². The molecule has 3 atom stereocenters. The van der Waals surface area contributed by atoms with Gasteiger partial charge >= 0.3 is 0 Å². The maximum absolute atomic E-state index is 6.21. The Kier molecular flexibility index (Phi) is 5.15. The molecular formula is C15H21BrClNO. The molecule has 1 aliphatic rings. The molecule has 0 spiro atoms. The Morgan fingerprint density at radius 1 is 1.42 bits per heavy atom. The van der Waals surface area contributed by atoms with Gasteiger partial charge in [0.25, 0.3) is 0 Å². The first-order valence-electron chi connectivity index (χ1n) is 6.78. The summed E-state index contributed by atoms with van der Waals surface area (Å²) in [6, 6.07) is 4.20. The summed E-state index contributed by atoms with van der Waals surface area (Å²) in [5, 5.41) is 4.20. The van der Waals surface area contributed by atoms with Crippen LogP contribution in [0.2, 0.25) is 5.02 Å². The molecule has 0 amide bonds. The van der Waals surface area contributed by atoms with Gasteiger partial charge in [-0.25, -0.2) is 0 Å². The number of rotatable bonds is 4. The molecule has 1 saturated carbocycles. The number of benzene rings is 1. The van der Waals surface area contributed by atoms with Crippen LogP contribution >= 0.6 is 27.5 Å². The summed E-state index contributed by atoms with van der Waals surface area (Å²) in [7, 11) is 3.73. The van der Waals surface area contributed by atoms with Gasteiger partial charge in [0, 0.05) is 16.6 Å². The molecule has 0 heterocycles. The van der Waals surface area contributed by atoms with Crippen molar-refractivity contribution in [2.75, 3.05) is 14.2 Å². The van der Waals surface area contributed by atoms with E-state index < -0.39 is 0 Å². The van der Waals surface area contributed by atoms with Crippen molar-refractivity contribution in [3.63, 3.8) is 0 Å². The van der Waals surface area contributed by atoms with E-state index in [1.807, 2.05) is 19.2 Å². The highest BCUT2D eigenvalue weighted by molar-refractivity contribution is 9.10. The molecule has 1 aromatic carbocycles. The van der Waals surface area contributed by atoms with Crippen LogP contribution in [-0.4, -0.2) is 14.2 Å². The summed E-state index contributed by atoms with van der Waals surface area (Å²) < 4.78 is 6.48. The first kappa shape index (κ1) is 15.1. The predicted molar refractivity (Wildman–Crippen MR) is 84.0 cm³/mol. The Morgan fingerprint density at radius 3 is 2.68 bits per heavy atom. The maximum atomic E-state index is 6.21. The first-order chi connectivity index (χ1) is 9.08. The van der Waals surface area contributed by atoms with Crippen LogP contribution in [0.1, 0.15) is 37.8 Å². The molecular weight excluding hydrogens is 326 g/mol. The SMILES string of the molecule is CNC(c1cc(Cl)cc(Br)c1OC)C1CCCC1C. The van der Waals surface area contributed by atoms with E-state index in [1.54, 1.807) is 7.11 Å². The van der Waals surface area contributed by atoms with Gasteiger partial charge in [0.1, 0.15) is 5.75 Å². The van der Waals surface area contributed by atoms with Crippen LogP contribution in [0.3, 0.4) is 0 Å². The molecule has 1 aromatic rings. The second-order valence-corrected chi connectivity index (χ2v) is 6.64. The molecule has 0 aliphatic heterocycles. The molecule has 3 unspecified atom stereocenters. The third-order valence-electron chi connectivity index (χ3n) is 4.24. The standard InChI is InChI=1S/C15H21BrClNO/c1-9-5-4-6-11(9)14(18-2)12-7-10(17)8-13(16)15(12)19-3/h7-9,11,14,18H,4-6H2,1-3H3.